The molecular weight excluding hydrogens is 407 g/mol. The van der Waals surface area contributed by atoms with Gasteiger partial charge in [0, 0.05) is 23.5 Å². The van der Waals surface area contributed by atoms with E-state index in [0.29, 0.717) is 21.5 Å². The SMILES string of the molecule is COc1cccc(Nc2nc(C)c(C(=O)Nc3cccc(OC(F)(F)F)c3)s2)c1. The molecule has 0 saturated carbocycles. The molecule has 0 bridgehead atoms. The number of carbonyl (C=O) groups excluding carboxylic acids is 1. The lowest BCUT2D eigenvalue weighted by Gasteiger charge is -2.10. The predicted octanol–water partition coefficient (Wildman–Crippen LogP) is 5.35. The average Bonchev–Trinajstić information content (AvgIpc) is 3.01. The summed E-state index contributed by atoms with van der Waals surface area (Å²) in [6.45, 7) is 1.67. The average molecular weight is 423 g/mol. The second kappa shape index (κ2) is 8.39. The van der Waals surface area contributed by atoms with E-state index in [-0.39, 0.29) is 5.69 Å². The van der Waals surface area contributed by atoms with Crippen molar-refractivity contribution in [3.63, 3.8) is 0 Å². The lowest BCUT2D eigenvalue weighted by molar-refractivity contribution is -0.274. The molecule has 0 unspecified atom stereocenters. The van der Waals surface area contributed by atoms with Crippen molar-refractivity contribution in [1.82, 2.24) is 4.98 Å². The Balaban J connectivity index is 1.72. The third kappa shape index (κ3) is 5.61. The van der Waals surface area contributed by atoms with Gasteiger partial charge in [0.05, 0.1) is 12.8 Å². The Labute approximate surface area is 168 Å². The fraction of sp³-hybridized carbons (Fsp3) is 0.158. The predicted molar refractivity (Wildman–Crippen MR) is 104 cm³/mol. The second-order valence-electron chi connectivity index (χ2n) is 5.82. The maximum absolute atomic E-state index is 12.5. The van der Waals surface area contributed by atoms with Crippen molar-refractivity contribution in [1.29, 1.82) is 0 Å². The molecule has 0 fully saturated rings. The molecule has 6 nitrogen and oxygen atoms in total. The third-order valence-electron chi connectivity index (χ3n) is 3.65. The highest BCUT2D eigenvalue weighted by molar-refractivity contribution is 7.17. The molecule has 0 aliphatic rings. The van der Waals surface area contributed by atoms with Gasteiger partial charge >= 0.3 is 6.36 Å². The smallest absolute Gasteiger partial charge is 0.497 e. The van der Waals surface area contributed by atoms with Gasteiger partial charge in [0.1, 0.15) is 16.4 Å². The van der Waals surface area contributed by atoms with Crippen LogP contribution in [-0.2, 0) is 0 Å². The van der Waals surface area contributed by atoms with Gasteiger partial charge in [-0.25, -0.2) is 4.98 Å². The van der Waals surface area contributed by atoms with Gasteiger partial charge in [-0.15, -0.1) is 13.2 Å². The molecule has 29 heavy (non-hydrogen) atoms. The zero-order valence-corrected chi connectivity index (χ0v) is 16.1. The van der Waals surface area contributed by atoms with E-state index in [1.807, 2.05) is 12.1 Å². The molecule has 2 aromatic carbocycles. The van der Waals surface area contributed by atoms with Crippen LogP contribution in [0.2, 0.25) is 0 Å². The van der Waals surface area contributed by atoms with Gasteiger partial charge in [-0.3, -0.25) is 4.79 Å². The molecule has 0 spiro atoms. The first-order chi connectivity index (χ1) is 13.7. The highest BCUT2D eigenvalue weighted by Crippen LogP contribution is 2.29. The summed E-state index contributed by atoms with van der Waals surface area (Å²) in [5.74, 6) is -0.234. The zero-order valence-electron chi connectivity index (χ0n) is 15.3. The van der Waals surface area contributed by atoms with Crippen molar-refractivity contribution in [2.45, 2.75) is 13.3 Å². The number of rotatable bonds is 6. The first kappa shape index (κ1) is 20.5. The number of hydrogen-bond acceptors (Lipinski definition) is 6. The number of halogens is 3. The normalized spacial score (nSPS) is 11.1. The Morgan fingerprint density at radius 3 is 2.41 bits per heavy atom. The monoisotopic (exact) mass is 423 g/mol. The number of anilines is 3. The van der Waals surface area contributed by atoms with Crippen molar-refractivity contribution in [2.75, 3.05) is 17.7 Å². The van der Waals surface area contributed by atoms with Gasteiger partial charge in [0.25, 0.3) is 5.91 Å². The van der Waals surface area contributed by atoms with E-state index in [9.17, 15) is 18.0 Å². The first-order valence-electron chi connectivity index (χ1n) is 8.29. The summed E-state index contributed by atoms with van der Waals surface area (Å²) >= 11 is 1.12. The molecule has 1 aromatic heterocycles. The van der Waals surface area contributed by atoms with E-state index in [1.165, 1.54) is 12.1 Å². The fourth-order valence-corrected chi connectivity index (χ4v) is 3.33. The summed E-state index contributed by atoms with van der Waals surface area (Å²) in [5.41, 5.74) is 1.40. The third-order valence-corrected chi connectivity index (χ3v) is 4.72. The van der Waals surface area contributed by atoms with Gasteiger partial charge in [-0.05, 0) is 31.2 Å². The molecule has 1 amide bonds. The fourth-order valence-electron chi connectivity index (χ4n) is 2.44. The number of hydrogen-bond donors (Lipinski definition) is 2. The van der Waals surface area contributed by atoms with Gasteiger partial charge in [-0.1, -0.05) is 23.5 Å². The number of aryl methyl sites for hydroxylation is 1. The second-order valence-corrected chi connectivity index (χ2v) is 6.82. The van der Waals surface area contributed by atoms with Crippen LogP contribution in [0.1, 0.15) is 15.4 Å². The first-order valence-corrected chi connectivity index (χ1v) is 9.11. The quantitative estimate of drug-likeness (QED) is 0.559. The van der Waals surface area contributed by atoms with Crippen LogP contribution < -0.4 is 20.1 Å². The van der Waals surface area contributed by atoms with E-state index in [1.54, 1.807) is 26.2 Å². The van der Waals surface area contributed by atoms with Crippen LogP contribution in [0.5, 0.6) is 11.5 Å². The summed E-state index contributed by atoms with van der Waals surface area (Å²) in [4.78, 5) is 17.2. The van der Waals surface area contributed by atoms with Crippen molar-refractivity contribution in [3.8, 4) is 11.5 Å². The van der Waals surface area contributed by atoms with E-state index >= 15 is 0 Å². The van der Waals surface area contributed by atoms with Crippen molar-refractivity contribution in [3.05, 3.63) is 59.1 Å². The van der Waals surface area contributed by atoms with Crippen LogP contribution in [0.25, 0.3) is 0 Å². The number of nitrogens with zero attached hydrogens (tertiary/aromatic N) is 1. The lowest BCUT2D eigenvalue weighted by Crippen LogP contribution is -2.17. The summed E-state index contributed by atoms with van der Waals surface area (Å²) in [6, 6.07) is 12.3. The molecule has 0 aliphatic carbocycles. The Kier molecular flexibility index (Phi) is 5.92. The number of benzene rings is 2. The molecule has 0 aliphatic heterocycles. The largest absolute Gasteiger partial charge is 0.573 e. The molecule has 152 valence electrons. The van der Waals surface area contributed by atoms with E-state index < -0.39 is 18.0 Å². The molecule has 1 heterocycles. The highest BCUT2D eigenvalue weighted by Gasteiger charge is 2.31. The number of ether oxygens (including phenoxy) is 2. The number of amides is 1. The van der Waals surface area contributed by atoms with E-state index in [2.05, 4.69) is 20.4 Å². The number of alkyl halides is 3. The number of methoxy groups -OCH3 is 1. The highest BCUT2D eigenvalue weighted by atomic mass is 32.1. The Morgan fingerprint density at radius 2 is 1.72 bits per heavy atom. The molecule has 0 saturated heterocycles. The van der Waals surface area contributed by atoms with Crippen LogP contribution >= 0.6 is 11.3 Å². The standard InChI is InChI=1S/C19H16F3N3O3S/c1-11-16(29-18(23-11)25-13-6-3-7-14(9-13)27-2)17(26)24-12-5-4-8-15(10-12)28-19(20,21)22/h3-10H,1-2H3,(H,23,25)(H,24,26). The summed E-state index contributed by atoms with van der Waals surface area (Å²) in [6.07, 6.45) is -4.81. The van der Waals surface area contributed by atoms with Crippen LogP contribution in [0.3, 0.4) is 0 Å². The van der Waals surface area contributed by atoms with Crippen LogP contribution in [0.4, 0.5) is 29.7 Å². The minimum absolute atomic E-state index is 0.173. The van der Waals surface area contributed by atoms with E-state index in [4.69, 9.17) is 4.74 Å². The van der Waals surface area contributed by atoms with Crippen molar-refractivity contribution >= 4 is 33.8 Å². The van der Waals surface area contributed by atoms with Crippen LogP contribution in [-0.4, -0.2) is 24.4 Å². The summed E-state index contributed by atoms with van der Waals surface area (Å²) in [7, 11) is 1.56. The topological polar surface area (TPSA) is 72.5 Å². The van der Waals surface area contributed by atoms with Crippen LogP contribution in [0.15, 0.2) is 48.5 Å². The zero-order chi connectivity index (χ0) is 21.0. The molecule has 3 aromatic rings. The van der Waals surface area contributed by atoms with E-state index in [0.717, 1.165) is 29.2 Å². The number of aromatic nitrogens is 1. The minimum atomic E-state index is -4.81. The molecular formula is C19H16F3N3O3S. The van der Waals surface area contributed by atoms with Gasteiger partial charge < -0.3 is 20.1 Å². The molecule has 0 atom stereocenters. The molecule has 10 heteroatoms. The van der Waals surface area contributed by atoms with Gasteiger partial charge in [-0.2, -0.15) is 0 Å². The summed E-state index contributed by atoms with van der Waals surface area (Å²) < 4.78 is 46.1. The lowest BCUT2D eigenvalue weighted by atomic mass is 10.3. The van der Waals surface area contributed by atoms with Crippen LogP contribution in [0, 0.1) is 6.92 Å². The van der Waals surface area contributed by atoms with Crippen molar-refractivity contribution in [2.24, 2.45) is 0 Å². The Morgan fingerprint density at radius 1 is 1.07 bits per heavy atom. The maximum atomic E-state index is 12.5. The molecule has 0 radical (unpaired) electrons. The van der Waals surface area contributed by atoms with Crippen molar-refractivity contribution < 1.29 is 27.4 Å². The Hall–Kier alpha value is -3.27. The number of thiazole rings is 1. The summed E-state index contributed by atoms with van der Waals surface area (Å²) in [5, 5.41) is 6.15. The van der Waals surface area contributed by atoms with Gasteiger partial charge in [0.15, 0.2) is 5.13 Å². The number of carbonyl (C=O) groups is 1. The Bertz CT molecular complexity index is 1020. The number of nitrogens with one attached hydrogen (secondary N) is 2. The molecule has 2 N–H and O–H groups in total. The molecule has 3 rings (SSSR count). The minimum Gasteiger partial charge on any atom is -0.497 e. The maximum Gasteiger partial charge on any atom is 0.573 e. The van der Waals surface area contributed by atoms with Gasteiger partial charge in [0.2, 0.25) is 0 Å².